The Kier molecular flexibility index (Phi) is 5.40. The first-order valence-electron chi connectivity index (χ1n) is 9.62. The number of fused-ring (bicyclic) bond motifs is 2. The van der Waals surface area contributed by atoms with E-state index < -0.39 is 17.4 Å². The molecule has 3 heterocycles. The molecule has 0 bridgehead atoms. The molecule has 0 saturated heterocycles. The zero-order chi connectivity index (χ0) is 23.3. The van der Waals surface area contributed by atoms with E-state index in [1.807, 2.05) is 0 Å². The number of halogens is 4. The molecule has 8 nitrogen and oxygen atoms in total. The highest BCUT2D eigenvalue weighted by Crippen LogP contribution is 2.32. The van der Waals surface area contributed by atoms with Gasteiger partial charge in [0.1, 0.15) is 23.5 Å². The molecule has 0 spiro atoms. The molecule has 12 heteroatoms. The number of imidazole rings is 1. The maximum atomic E-state index is 14.2. The predicted molar refractivity (Wildman–Crippen MR) is 126 cm³/mol. The molecule has 5 rings (SSSR count). The second kappa shape index (κ2) is 8.26. The number of aromatic amines is 1. The number of nitrogens with one attached hydrogen (secondary N) is 2. The molecule has 0 aliphatic rings. The summed E-state index contributed by atoms with van der Waals surface area (Å²) in [4.78, 5) is 33.8. The Balaban J connectivity index is 1.77. The highest BCUT2D eigenvalue weighted by atomic mass is 35.5. The summed E-state index contributed by atoms with van der Waals surface area (Å²) in [5.41, 5.74) is 0.982. The van der Waals surface area contributed by atoms with Crippen molar-refractivity contribution in [3.8, 4) is 5.69 Å². The standard InChI is InChI=1S/C21H13Cl3FN7O/c1-9(30-19-17-18(27-7-26-17)28-8-29-19)20-31-12-6-5-11(25)16(24)14(12)21(33)32(20)13-4-2-3-10(22)15(13)23/h2-9H,1H3,(H2,26,27,28,29,30)/t9-/m0/s1. The van der Waals surface area contributed by atoms with Gasteiger partial charge in [-0.25, -0.2) is 24.3 Å². The zero-order valence-corrected chi connectivity index (χ0v) is 19.0. The fourth-order valence-electron chi connectivity index (χ4n) is 3.55. The first kappa shape index (κ1) is 21.6. The molecule has 0 aliphatic carbocycles. The highest BCUT2D eigenvalue weighted by Gasteiger charge is 2.23. The van der Waals surface area contributed by atoms with Gasteiger partial charge in [-0.3, -0.25) is 9.36 Å². The summed E-state index contributed by atoms with van der Waals surface area (Å²) in [6.07, 6.45) is 2.88. The Morgan fingerprint density at radius 3 is 2.73 bits per heavy atom. The van der Waals surface area contributed by atoms with E-state index in [1.165, 1.54) is 23.3 Å². The number of rotatable bonds is 4. The van der Waals surface area contributed by atoms with E-state index in [0.29, 0.717) is 17.0 Å². The Morgan fingerprint density at radius 2 is 1.91 bits per heavy atom. The maximum Gasteiger partial charge on any atom is 0.267 e. The van der Waals surface area contributed by atoms with Gasteiger partial charge in [0.25, 0.3) is 5.56 Å². The minimum absolute atomic E-state index is 0.0691. The van der Waals surface area contributed by atoms with Crippen LogP contribution in [0.25, 0.3) is 27.8 Å². The molecule has 0 saturated carbocycles. The summed E-state index contributed by atoms with van der Waals surface area (Å²) >= 11 is 18.8. The van der Waals surface area contributed by atoms with Crippen molar-refractivity contribution in [2.75, 3.05) is 5.32 Å². The van der Waals surface area contributed by atoms with Crippen LogP contribution >= 0.6 is 34.8 Å². The van der Waals surface area contributed by atoms with Gasteiger partial charge in [-0.2, -0.15) is 0 Å². The third-order valence-electron chi connectivity index (χ3n) is 5.08. The molecule has 0 amide bonds. The average Bonchev–Trinajstić information content (AvgIpc) is 3.28. The van der Waals surface area contributed by atoms with Gasteiger partial charge in [-0.05, 0) is 31.2 Å². The van der Waals surface area contributed by atoms with Crippen LogP contribution in [0.4, 0.5) is 10.2 Å². The minimum Gasteiger partial charge on any atom is -0.358 e. The third kappa shape index (κ3) is 3.58. The number of nitrogens with zero attached hydrogens (tertiary/aromatic N) is 5. The van der Waals surface area contributed by atoms with Crippen LogP contribution in [0.1, 0.15) is 18.8 Å². The van der Waals surface area contributed by atoms with Crippen LogP contribution in [-0.4, -0.2) is 29.5 Å². The first-order valence-corrected chi connectivity index (χ1v) is 10.8. The van der Waals surface area contributed by atoms with Crippen LogP contribution in [0.15, 0.2) is 47.8 Å². The molecule has 0 unspecified atom stereocenters. The lowest BCUT2D eigenvalue weighted by Crippen LogP contribution is -2.28. The quantitative estimate of drug-likeness (QED) is 0.343. The number of H-pyrrole nitrogens is 1. The predicted octanol–water partition coefficient (Wildman–Crippen LogP) is 5.32. The molecule has 0 aliphatic heterocycles. The largest absolute Gasteiger partial charge is 0.358 e. The molecular formula is C21H13Cl3FN7O. The lowest BCUT2D eigenvalue weighted by molar-refractivity contribution is 0.629. The Hall–Kier alpha value is -3.27. The van der Waals surface area contributed by atoms with Gasteiger partial charge in [0.05, 0.1) is 44.0 Å². The Bertz CT molecular complexity index is 1600. The number of anilines is 1. The van der Waals surface area contributed by atoms with Crippen molar-refractivity contribution in [3.63, 3.8) is 0 Å². The van der Waals surface area contributed by atoms with E-state index in [2.05, 4.69) is 30.2 Å². The summed E-state index contributed by atoms with van der Waals surface area (Å²) in [6.45, 7) is 1.79. The van der Waals surface area contributed by atoms with Crippen molar-refractivity contribution in [1.29, 1.82) is 0 Å². The molecule has 0 radical (unpaired) electrons. The molecular weight excluding hydrogens is 492 g/mol. The summed E-state index contributed by atoms with van der Waals surface area (Å²) in [5.74, 6) is -0.0155. The second-order valence-electron chi connectivity index (χ2n) is 7.13. The van der Waals surface area contributed by atoms with Gasteiger partial charge in [-0.15, -0.1) is 0 Å². The summed E-state index contributed by atoms with van der Waals surface area (Å²) in [7, 11) is 0. The van der Waals surface area contributed by atoms with E-state index in [-0.39, 0.29) is 37.5 Å². The van der Waals surface area contributed by atoms with Gasteiger partial charge in [0.15, 0.2) is 11.5 Å². The van der Waals surface area contributed by atoms with Crippen LogP contribution in [0.5, 0.6) is 0 Å². The topological polar surface area (TPSA) is 101 Å². The van der Waals surface area contributed by atoms with Crippen molar-refractivity contribution in [3.05, 3.63) is 80.0 Å². The van der Waals surface area contributed by atoms with Crippen molar-refractivity contribution in [2.24, 2.45) is 0 Å². The van der Waals surface area contributed by atoms with Crippen molar-refractivity contribution in [2.45, 2.75) is 13.0 Å². The van der Waals surface area contributed by atoms with Crippen molar-refractivity contribution < 1.29 is 4.39 Å². The molecule has 2 N–H and O–H groups in total. The molecule has 166 valence electrons. The van der Waals surface area contributed by atoms with Crippen LogP contribution in [-0.2, 0) is 0 Å². The monoisotopic (exact) mass is 503 g/mol. The lowest BCUT2D eigenvalue weighted by Gasteiger charge is -2.21. The van der Waals surface area contributed by atoms with Gasteiger partial charge < -0.3 is 10.3 Å². The number of hydrogen-bond donors (Lipinski definition) is 2. The molecule has 3 aromatic heterocycles. The molecule has 0 fully saturated rings. The second-order valence-corrected chi connectivity index (χ2v) is 8.29. The fourth-order valence-corrected chi connectivity index (χ4v) is 4.18. The number of benzene rings is 2. The first-order chi connectivity index (χ1) is 15.9. The molecule has 5 aromatic rings. The molecule has 33 heavy (non-hydrogen) atoms. The van der Waals surface area contributed by atoms with Crippen molar-refractivity contribution in [1.82, 2.24) is 29.5 Å². The van der Waals surface area contributed by atoms with Gasteiger partial charge in [0, 0.05) is 0 Å². The number of aromatic nitrogens is 6. The third-order valence-corrected chi connectivity index (χ3v) is 6.26. The van der Waals surface area contributed by atoms with Crippen LogP contribution in [0.3, 0.4) is 0 Å². The lowest BCUT2D eigenvalue weighted by atomic mass is 10.2. The average molecular weight is 505 g/mol. The van der Waals surface area contributed by atoms with Crippen LogP contribution in [0.2, 0.25) is 15.1 Å². The Labute approximate surface area is 200 Å². The normalized spacial score (nSPS) is 12.4. The van der Waals surface area contributed by atoms with Crippen LogP contribution in [0, 0.1) is 5.82 Å². The summed E-state index contributed by atoms with van der Waals surface area (Å²) in [6, 6.07) is 6.84. The van der Waals surface area contributed by atoms with E-state index >= 15 is 0 Å². The maximum absolute atomic E-state index is 14.2. The fraction of sp³-hybridized carbons (Fsp3) is 0.0952. The van der Waals surface area contributed by atoms with E-state index in [0.717, 1.165) is 6.07 Å². The van der Waals surface area contributed by atoms with Gasteiger partial charge in [-0.1, -0.05) is 40.9 Å². The zero-order valence-electron chi connectivity index (χ0n) is 16.8. The summed E-state index contributed by atoms with van der Waals surface area (Å²) in [5, 5.41) is 3.20. The van der Waals surface area contributed by atoms with Crippen molar-refractivity contribution >= 4 is 62.7 Å². The highest BCUT2D eigenvalue weighted by molar-refractivity contribution is 6.43. The van der Waals surface area contributed by atoms with Crippen LogP contribution < -0.4 is 10.9 Å². The molecule has 1 atom stereocenters. The van der Waals surface area contributed by atoms with E-state index in [4.69, 9.17) is 34.8 Å². The van der Waals surface area contributed by atoms with Gasteiger partial charge in [0.2, 0.25) is 0 Å². The van der Waals surface area contributed by atoms with Gasteiger partial charge >= 0.3 is 0 Å². The summed E-state index contributed by atoms with van der Waals surface area (Å²) < 4.78 is 15.4. The molecule has 2 aromatic carbocycles. The van der Waals surface area contributed by atoms with E-state index in [1.54, 1.807) is 25.1 Å². The van der Waals surface area contributed by atoms with E-state index in [9.17, 15) is 9.18 Å². The smallest absolute Gasteiger partial charge is 0.267 e. The number of hydrogen-bond acceptors (Lipinski definition) is 6. The Morgan fingerprint density at radius 1 is 1.09 bits per heavy atom. The SMILES string of the molecule is C[C@H](Nc1ncnc2[nH]cnc12)c1nc2ccc(F)c(Cl)c2c(=O)n1-c1cccc(Cl)c1Cl. The minimum atomic E-state index is -0.729.